The molecular formula is C15H29N. The average Bonchev–Trinajstić information content (AvgIpc) is 2.13. The molecule has 0 saturated heterocycles. The van der Waals surface area contributed by atoms with E-state index >= 15 is 0 Å². The van der Waals surface area contributed by atoms with Gasteiger partial charge in [-0.3, -0.25) is 4.90 Å². The maximum absolute atomic E-state index is 2.56. The SMILES string of the molecule is CC(C)(C)CCC1=CCN(C(C)(C)C)CC1. The molecule has 0 unspecified atom stereocenters. The number of hydrogen-bond acceptors (Lipinski definition) is 1. The van der Waals surface area contributed by atoms with Gasteiger partial charge in [-0.05, 0) is 45.4 Å². The first-order valence-corrected chi connectivity index (χ1v) is 6.61. The monoisotopic (exact) mass is 223 g/mol. The van der Waals surface area contributed by atoms with Crippen molar-refractivity contribution in [3.05, 3.63) is 11.6 Å². The molecule has 0 aromatic carbocycles. The van der Waals surface area contributed by atoms with E-state index in [-0.39, 0.29) is 0 Å². The van der Waals surface area contributed by atoms with Crippen LogP contribution >= 0.6 is 0 Å². The van der Waals surface area contributed by atoms with Crippen molar-refractivity contribution in [1.82, 2.24) is 4.90 Å². The summed E-state index contributed by atoms with van der Waals surface area (Å²) in [5.74, 6) is 0. The smallest absolute Gasteiger partial charge is 0.0171 e. The minimum atomic E-state index is 0.325. The van der Waals surface area contributed by atoms with Gasteiger partial charge in [-0.2, -0.15) is 0 Å². The summed E-state index contributed by atoms with van der Waals surface area (Å²) in [7, 11) is 0. The van der Waals surface area contributed by atoms with Crippen molar-refractivity contribution < 1.29 is 0 Å². The first-order valence-electron chi connectivity index (χ1n) is 6.61. The van der Waals surface area contributed by atoms with Gasteiger partial charge >= 0.3 is 0 Å². The van der Waals surface area contributed by atoms with Crippen LogP contribution in [0.1, 0.15) is 60.8 Å². The summed E-state index contributed by atoms with van der Waals surface area (Å²) in [4.78, 5) is 2.56. The number of hydrogen-bond donors (Lipinski definition) is 0. The summed E-state index contributed by atoms with van der Waals surface area (Å²) < 4.78 is 0. The maximum Gasteiger partial charge on any atom is 0.0171 e. The Kier molecular flexibility index (Phi) is 4.23. The highest BCUT2D eigenvalue weighted by atomic mass is 15.2. The van der Waals surface area contributed by atoms with Crippen LogP contribution in [0.5, 0.6) is 0 Å². The van der Waals surface area contributed by atoms with E-state index in [9.17, 15) is 0 Å². The Labute approximate surface area is 102 Å². The normalized spacial score (nSPS) is 19.8. The quantitative estimate of drug-likeness (QED) is 0.633. The second-order valence-electron chi connectivity index (χ2n) is 7.29. The van der Waals surface area contributed by atoms with Crippen molar-refractivity contribution >= 4 is 0 Å². The van der Waals surface area contributed by atoms with E-state index in [4.69, 9.17) is 0 Å². The molecule has 94 valence electrons. The molecule has 0 saturated carbocycles. The van der Waals surface area contributed by atoms with Gasteiger partial charge in [0.05, 0.1) is 0 Å². The van der Waals surface area contributed by atoms with Gasteiger partial charge in [-0.15, -0.1) is 0 Å². The molecule has 0 aliphatic carbocycles. The van der Waals surface area contributed by atoms with E-state index in [0.717, 1.165) is 6.54 Å². The lowest BCUT2D eigenvalue weighted by Crippen LogP contribution is -2.43. The fourth-order valence-electron chi connectivity index (χ4n) is 2.08. The first kappa shape index (κ1) is 13.8. The second-order valence-corrected chi connectivity index (χ2v) is 7.29. The Morgan fingerprint density at radius 2 is 1.75 bits per heavy atom. The van der Waals surface area contributed by atoms with Gasteiger partial charge in [0.2, 0.25) is 0 Å². The Morgan fingerprint density at radius 3 is 2.12 bits per heavy atom. The topological polar surface area (TPSA) is 3.24 Å². The Bertz CT molecular complexity index is 250. The lowest BCUT2D eigenvalue weighted by atomic mass is 9.87. The predicted octanol–water partition coefficient (Wildman–Crippen LogP) is 4.24. The van der Waals surface area contributed by atoms with Crippen LogP contribution in [0.4, 0.5) is 0 Å². The molecule has 1 aliphatic rings. The molecule has 1 nitrogen and oxygen atoms in total. The fourth-order valence-corrected chi connectivity index (χ4v) is 2.08. The van der Waals surface area contributed by atoms with Crippen LogP contribution in [0.3, 0.4) is 0 Å². The zero-order chi connectivity index (χ0) is 12.4. The van der Waals surface area contributed by atoms with Crippen LogP contribution in [-0.4, -0.2) is 23.5 Å². The molecule has 0 aromatic rings. The van der Waals surface area contributed by atoms with Crippen molar-refractivity contribution in [2.45, 2.75) is 66.3 Å². The van der Waals surface area contributed by atoms with Gasteiger partial charge in [0, 0.05) is 18.6 Å². The maximum atomic E-state index is 2.56. The number of rotatable bonds is 2. The van der Waals surface area contributed by atoms with Crippen LogP contribution in [0, 0.1) is 5.41 Å². The third-order valence-corrected chi connectivity index (χ3v) is 3.45. The summed E-state index contributed by atoms with van der Waals surface area (Å²) >= 11 is 0. The minimum absolute atomic E-state index is 0.325. The third-order valence-electron chi connectivity index (χ3n) is 3.45. The molecule has 0 atom stereocenters. The molecular weight excluding hydrogens is 194 g/mol. The lowest BCUT2D eigenvalue weighted by molar-refractivity contribution is 0.148. The molecule has 1 rings (SSSR count). The van der Waals surface area contributed by atoms with Crippen molar-refractivity contribution in [2.75, 3.05) is 13.1 Å². The largest absolute Gasteiger partial charge is 0.295 e. The molecule has 0 spiro atoms. The standard InChI is InChI=1S/C15H29N/c1-14(2,3)10-7-13-8-11-16(12-9-13)15(4,5)6/h8H,7,9-12H2,1-6H3. The molecule has 0 aromatic heterocycles. The van der Waals surface area contributed by atoms with Gasteiger partial charge in [0.25, 0.3) is 0 Å². The van der Waals surface area contributed by atoms with Crippen molar-refractivity contribution in [2.24, 2.45) is 5.41 Å². The first-order chi connectivity index (χ1) is 7.18. The third kappa shape index (κ3) is 4.69. The zero-order valence-corrected chi connectivity index (χ0v) is 12.1. The molecule has 1 heterocycles. The molecule has 1 heteroatoms. The molecule has 1 aliphatic heterocycles. The van der Waals surface area contributed by atoms with Crippen LogP contribution in [0.25, 0.3) is 0 Å². The summed E-state index contributed by atoms with van der Waals surface area (Å²) in [6.45, 7) is 16.3. The Hall–Kier alpha value is -0.300. The van der Waals surface area contributed by atoms with Gasteiger partial charge in [-0.1, -0.05) is 32.4 Å². The van der Waals surface area contributed by atoms with Crippen molar-refractivity contribution in [3.63, 3.8) is 0 Å². The number of nitrogens with zero attached hydrogens (tertiary/aromatic N) is 1. The van der Waals surface area contributed by atoms with Crippen LogP contribution in [0.2, 0.25) is 0 Å². The van der Waals surface area contributed by atoms with Gasteiger partial charge in [0.15, 0.2) is 0 Å². The molecule has 16 heavy (non-hydrogen) atoms. The molecule has 0 radical (unpaired) electrons. The molecule has 0 N–H and O–H groups in total. The van der Waals surface area contributed by atoms with E-state index < -0.39 is 0 Å². The van der Waals surface area contributed by atoms with E-state index in [1.165, 1.54) is 25.8 Å². The predicted molar refractivity (Wildman–Crippen MR) is 72.7 cm³/mol. The molecule has 0 fully saturated rings. The van der Waals surface area contributed by atoms with E-state index in [1.54, 1.807) is 5.57 Å². The van der Waals surface area contributed by atoms with Crippen molar-refractivity contribution in [3.8, 4) is 0 Å². The molecule has 0 amide bonds. The Balaban J connectivity index is 2.42. The molecule has 0 bridgehead atoms. The lowest BCUT2D eigenvalue weighted by Gasteiger charge is -2.38. The second kappa shape index (κ2) is 4.91. The summed E-state index contributed by atoms with van der Waals surface area (Å²) in [5.41, 5.74) is 2.48. The van der Waals surface area contributed by atoms with E-state index in [2.05, 4.69) is 52.5 Å². The van der Waals surface area contributed by atoms with E-state index in [0.29, 0.717) is 11.0 Å². The highest BCUT2D eigenvalue weighted by molar-refractivity contribution is 5.09. The zero-order valence-electron chi connectivity index (χ0n) is 12.1. The highest BCUT2D eigenvalue weighted by Gasteiger charge is 2.23. The van der Waals surface area contributed by atoms with Crippen LogP contribution < -0.4 is 0 Å². The Morgan fingerprint density at radius 1 is 1.12 bits per heavy atom. The van der Waals surface area contributed by atoms with Gasteiger partial charge in [-0.25, -0.2) is 0 Å². The minimum Gasteiger partial charge on any atom is -0.295 e. The summed E-state index contributed by atoms with van der Waals surface area (Å²) in [5, 5.41) is 0. The average molecular weight is 223 g/mol. The van der Waals surface area contributed by atoms with Crippen LogP contribution in [-0.2, 0) is 0 Å². The van der Waals surface area contributed by atoms with Gasteiger partial charge < -0.3 is 0 Å². The fraction of sp³-hybridized carbons (Fsp3) is 0.867. The highest BCUT2D eigenvalue weighted by Crippen LogP contribution is 2.27. The van der Waals surface area contributed by atoms with E-state index in [1.807, 2.05) is 0 Å². The van der Waals surface area contributed by atoms with Crippen molar-refractivity contribution in [1.29, 1.82) is 0 Å². The van der Waals surface area contributed by atoms with Gasteiger partial charge in [0.1, 0.15) is 0 Å². The summed E-state index contributed by atoms with van der Waals surface area (Å²) in [6, 6.07) is 0. The summed E-state index contributed by atoms with van der Waals surface area (Å²) in [6.07, 6.45) is 6.34. The van der Waals surface area contributed by atoms with Crippen LogP contribution in [0.15, 0.2) is 11.6 Å².